The van der Waals surface area contributed by atoms with Crippen LogP contribution in [0.5, 0.6) is 0 Å². The van der Waals surface area contributed by atoms with Crippen LogP contribution in [-0.2, 0) is 0 Å². The Bertz CT molecular complexity index is 686. The minimum atomic E-state index is -0.253. The molecule has 0 saturated carbocycles. The number of hydrazone groups is 1. The first-order valence-corrected chi connectivity index (χ1v) is 6.53. The van der Waals surface area contributed by atoms with Crippen molar-refractivity contribution in [3.8, 4) is 0 Å². The van der Waals surface area contributed by atoms with E-state index in [4.69, 9.17) is 0 Å². The molecule has 94 valence electrons. The highest BCUT2D eigenvalue weighted by atomic mass is 32.1. The smallest absolute Gasteiger partial charge is 0.204 e. The number of anilines is 1. The van der Waals surface area contributed by atoms with Gasteiger partial charge in [-0.25, -0.2) is 9.37 Å². The number of rotatable bonds is 3. The molecule has 3 rings (SSSR count). The Balaban J connectivity index is 1.73. The third kappa shape index (κ3) is 2.77. The quantitative estimate of drug-likeness (QED) is 0.580. The molecule has 0 amide bonds. The molecule has 0 spiro atoms. The van der Waals surface area contributed by atoms with Crippen molar-refractivity contribution in [3.05, 3.63) is 59.9 Å². The second-order valence-electron chi connectivity index (χ2n) is 3.91. The number of thiazole rings is 1. The highest BCUT2D eigenvalue weighted by Gasteiger charge is 2.00. The molecule has 19 heavy (non-hydrogen) atoms. The van der Waals surface area contributed by atoms with Gasteiger partial charge in [0.2, 0.25) is 5.13 Å². The van der Waals surface area contributed by atoms with Gasteiger partial charge in [-0.15, -0.1) is 0 Å². The largest absolute Gasteiger partial charge is 0.253 e. The van der Waals surface area contributed by atoms with E-state index in [0.717, 1.165) is 20.9 Å². The molecule has 0 aliphatic heterocycles. The molecule has 3 nitrogen and oxygen atoms in total. The molecule has 2 aromatic carbocycles. The number of nitrogens with zero attached hydrogens (tertiary/aromatic N) is 2. The number of benzene rings is 2. The van der Waals surface area contributed by atoms with Crippen molar-refractivity contribution in [2.75, 3.05) is 5.43 Å². The molecule has 0 fully saturated rings. The van der Waals surface area contributed by atoms with Gasteiger partial charge < -0.3 is 0 Å². The van der Waals surface area contributed by atoms with Crippen molar-refractivity contribution in [1.29, 1.82) is 0 Å². The number of halogens is 1. The van der Waals surface area contributed by atoms with Crippen molar-refractivity contribution in [2.45, 2.75) is 0 Å². The number of nitrogens with one attached hydrogen (secondary N) is 1. The lowest BCUT2D eigenvalue weighted by Crippen LogP contribution is -1.89. The lowest BCUT2D eigenvalue weighted by molar-refractivity contribution is 0.628. The van der Waals surface area contributed by atoms with E-state index in [2.05, 4.69) is 15.5 Å². The van der Waals surface area contributed by atoms with Crippen LogP contribution in [0.1, 0.15) is 5.56 Å². The van der Waals surface area contributed by atoms with E-state index in [9.17, 15) is 4.39 Å². The Labute approximate surface area is 113 Å². The van der Waals surface area contributed by atoms with Crippen LogP contribution in [0.15, 0.2) is 53.6 Å². The summed E-state index contributed by atoms with van der Waals surface area (Å²) in [4.78, 5) is 4.39. The Hall–Kier alpha value is -2.27. The summed E-state index contributed by atoms with van der Waals surface area (Å²) in [5, 5.41) is 4.82. The van der Waals surface area contributed by atoms with E-state index in [1.54, 1.807) is 18.3 Å². The van der Waals surface area contributed by atoms with Gasteiger partial charge in [-0.05, 0) is 29.8 Å². The summed E-state index contributed by atoms with van der Waals surface area (Å²) in [5.74, 6) is -0.253. The summed E-state index contributed by atoms with van der Waals surface area (Å²) < 4.78 is 13.8. The first-order chi connectivity index (χ1) is 9.31. The topological polar surface area (TPSA) is 37.3 Å². The average molecular weight is 271 g/mol. The predicted octanol–water partition coefficient (Wildman–Crippen LogP) is 3.88. The molecule has 0 unspecified atom stereocenters. The van der Waals surface area contributed by atoms with E-state index in [1.165, 1.54) is 23.5 Å². The van der Waals surface area contributed by atoms with Gasteiger partial charge in [0.25, 0.3) is 0 Å². The predicted molar refractivity (Wildman–Crippen MR) is 77.2 cm³/mol. The molecular weight excluding hydrogens is 261 g/mol. The van der Waals surface area contributed by atoms with Gasteiger partial charge in [-0.3, -0.25) is 5.43 Å². The molecule has 1 aromatic heterocycles. The summed E-state index contributed by atoms with van der Waals surface area (Å²) in [6, 6.07) is 14.0. The SMILES string of the molecule is Fc1ccc(/C=N/Nc2nc3ccccc3s2)cc1. The highest BCUT2D eigenvalue weighted by Crippen LogP contribution is 2.25. The molecule has 0 radical (unpaired) electrons. The maximum Gasteiger partial charge on any atom is 0.204 e. The Morgan fingerprint density at radius 2 is 1.89 bits per heavy atom. The molecular formula is C14H10FN3S. The van der Waals surface area contributed by atoms with E-state index in [1.807, 2.05) is 24.3 Å². The van der Waals surface area contributed by atoms with E-state index in [0.29, 0.717) is 0 Å². The standard InChI is InChI=1S/C14H10FN3S/c15-11-7-5-10(6-8-11)9-16-18-14-17-12-3-1-2-4-13(12)19-14/h1-9H,(H,17,18)/b16-9+. The van der Waals surface area contributed by atoms with Crippen molar-refractivity contribution in [1.82, 2.24) is 4.98 Å². The number of fused-ring (bicyclic) bond motifs is 1. The summed E-state index contributed by atoms with van der Waals surface area (Å²) in [6.07, 6.45) is 1.63. The number of aromatic nitrogens is 1. The molecule has 3 aromatic rings. The van der Waals surface area contributed by atoms with Gasteiger partial charge in [-0.2, -0.15) is 5.10 Å². The van der Waals surface area contributed by atoms with Gasteiger partial charge in [-0.1, -0.05) is 35.6 Å². The molecule has 0 aliphatic rings. The van der Waals surface area contributed by atoms with Crippen LogP contribution in [0.2, 0.25) is 0 Å². The fourth-order valence-electron chi connectivity index (χ4n) is 1.63. The van der Waals surface area contributed by atoms with E-state index in [-0.39, 0.29) is 5.82 Å². The van der Waals surface area contributed by atoms with Gasteiger partial charge in [0.15, 0.2) is 0 Å². The molecule has 0 bridgehead atoms. The molecule has 0 aliphatic carbocycles. The zero-order chi connectivity index (χ0) is 13.1. The third-order valence-electron chi connectivity index (χ3n) is 2.54. The van der Waals surface area contributed by atoms with Crippen LogP contribution >= 0.6 is 11.3 Å². The number of hydrogen-bond donors (Lipinski definition) is 1. The maximum absolute atomic E-state index is 12.7. The van der Waals surface area contributed by atoms with Crippen molar-refractivity contribution < 1.29 is 4.39 Å². The fourth-order valence-corrected chi connectivity index (χ4v) is 2.45. The molecule has 0 atom stereocenters. The average Bonchev–Trinajstić information content (AvgIpc) is 2.83. The Morgan fingerprint density at radius 3 is 2.68 bits per heavy atom. The Morgan fingerprint density at radius 1 is 1.11 bits per heavy atom. The fraction of sp³-hybridized carbons (Fsp3) is 0. The molecule has 0 saturated heterocycles. The molecule has 1 heterocycles. The maximum atomic E-state index is 12.7. The normalized spacial score (nSPS) is 11.2. The summed E-state index contributed by atoms with van der Waals surface area (Å²) >= 11 is 1.54. The van der Waals surface area contributed by atoms with Crippen molar-refractivity contribution in [2.24, 2.45) is 5.10 Å². The van der Waals surface area contributed by atoms with Crippen molar-refractivity contribution >= 4 is 32.9 Å². The Kier molecular flexibility index (Phi) is 3.20. The van der Waals surface area contributed by atoms with Gasteiger partial charge in [0.05, 0.1) is 16.4 Å². The van der Waals surface area contributed by atoms with Crippen LogP contribution in [0.3, 0.4) is 0 Å². The zero-order valence-electron chi connectivity index (χ0n) is 9.88. The summed E-state index contributed by atoms with van der Waals surface area (Å²) in [6.45, 7) is 0. The minimum Gasteiger partial charge on any atom is -0.253 e. The van der Waals surface area contributed by atoms with E-state index >= 15 is 0 Å². The lowest BCUT2D eigenvalue weighted by atomic mass is 10.2. The summed E-state index contributed by atoms with van der Waals surface area (Å²) in [5.41, 5.74) is 4.66. The van der Waals surface area contributed by atoms with Crippen LogP contribution in [0, 0.1) is 5.82 Å². The van der Waals surface area contributed by atoms with Gasteiger partial charge in [0, 0.05) is 0 Å². The minimum absolute atomic E-state index is 0.253. The number of para-hydroxylation sites is 1. The van der Waals surface area contributed by atoms with Crippen LogP contribution in [0.25, 0.3) is 10.2 Å². The first kappa shape index (κ1) is 11.8. The van der Waals surface area contributed by atoms with Gasteiger partial charge >= 0.3 is 0 Å². The molecule has 1 N–H and O–H groups in total. The monoisotopic (exact) mass is 271 g/mol. The van der Waals surface area contributed by atoms with Gasteiger partial charge in [0.1, 0.15) is 5.82 Å². The highest BCUT2D eigenvalue weighted by molar-refractivity contribution is 7.22. The number of hydrogen-bond acceptors (Lipinski definition) is 4. The van der Waals surface area contributed by atoms with Crippen LogP contribution in [0.4, 0.5) is 9.52 Å². The zero-order valence-corrected chi connectivity index (χ0v) is 10.7. The lowest BCUT2D eigenvalue weighted by Gasteiger charge is -1.93. The van der Waals surface area contributed by atoms with Crippen LogP contribution < -0.4 is 5.43 Å². The first-order valence-electron chi connectivity index (χ1n) is 5.71. The molecule has 5 heteroatoms. The second-order valence-corrected chi connectivity index (χ2v) is 4.94. The van der Waals surface area contributed by atoms with Crippen LogP contribution in [-0.4, -0.2) is 11.2 Å². The third-order valence-corrected chi connectivity index (χ3v) is 3.48. The van der Waals surface area contributed by atoms with E-state index < -0.39 is 0 Å². The van der Waals surface area contributed by atoms with Crippen molar-refractivity contribution in [3.63, 3.8) is 0 Å². The summed E-state index contributed by atoms with van der Waals surface area (Å²) in [7, 11) is 0. The second kappa shape index (κ2) is 5.16.